The molecule has 0 amide bonds. The number of nitrogens with zero attached hydrogens (tertiary/aromatic N) is 2. The van der Waals surface area contributed by atoms with Crippen LogP contribution in [0.25, 0.3) is 0 Å². The predicted octanol–water partition coefficient (Wildman–Crippen LogP) is 4.76. The first-order valence-corrected chi connectivity index (χ1v) is 11.0. The smallest absolute Gasteiger partial charge is 0.335 e. The van der Waals surface area contributed by atoms with Crippen LogP contribution in [0.2, 0.25) is 0 Å². The fourth-order valence-corrected chi connectivity index (χ4v) is 4.57. The predicted molar refractivity (Wildman–Crippen MR) is 120 cm³/mol. The number of piperazine rings is 1. The molecule has 1 aliphatic rings. The molecule has 5 heteroatoms. The summed E-state index contributed by atoms with van der Waals surface area (Å²) >= 11 is 0. The van der Waals surface area contributed by atoms with Crippen LogP contribution in [0, 0.1) is 0 Å². The lowest BCUT2D eigenvalue weighted by Gasteiger charge is -2.47. The second-order valence-corrected chi connectivity index (χ2v) is 8.53. The van der Waals surface area contributed by atoms with Crippen LogP contribution in [0.15, 0.2) is 48.5 Å². The molecule has 1 saturated heterocycles. The molecule has 30 heavy (non-hydrogen) atoms. The van der Waals surface area contributed by atoms with E-state index in [0.29, 0.717) is 12.1 Å². The van der Waals surface area contributed by atoms with E-state index in [1.54, 1.807) is 24.3 Å². The highest BCUT2D eigenvalue weighted by molar-refractivity contribution is 5.87. The van der Waals surface area contributed by atoms with Crippen molar-refractivity contribution in [1.29, 1.82) is 0 Å². The summed E-state index contributed by atoms with van der Waals surface area (Å²) in [5, 5.41) is 19.6. The summed E-state index contributed by atoms with van der Waals surface area (Å²) in [6, 6.07) is 15.2. The molecule has 0 radical (unpaired) electrons. The average molecular weight is 411 g/mol. The van der Waals surface area contributed by atoms with Crippen molar-refractivity contribution < 1.29 is 15.0 Å². The quantitative estimate of drug-likeness (QED) is 0.614. The van der Waals surface area contributed by atoms with Crippen LogP contribution >= 0.6 is 0 Å². The highest BCUT2D eigenvalue weighted by Crippen LogP contribution is 2.35. The number of rotatable bonds is 8. The number of phenolic OH excluding ortho intramolecular Hbond substituents is 1. The number of hydrogen-bond donors (Lipinski definition) is 2. The van der Waals surface area contributed by atoms with Crippen LogP contribution in [0.4, 0.5) is 0 Å². The normalized spacial score (nSPS) is 21.4. The van der Waals surface area contributed by atoms with E-state index in [-0.39, 0.29) is 17.4 Å². The van der Waals surface area contributed by atoms with Gasteiger partial charge in [-0.15, -0.1) is 0 Å². The molecule has 3 atom stereocenters. The molecule has 1 fully saturated rings. The minimum absolute atomic E-state index is 0.105. The van der Waals surface area contributed by atoms with Crippen molar-refractivity contribution in [2.45, 2.75) is 58.2 Å². The molecule has 0 aromatic heterocycles. The van der Waals surface area contributed by atoms with E-state index in [9.17, 15) is 15.0 Å². The molecule has 0 unspecified atom stereocenters. The Morgan fingerprint density at radius 1 is 1.03 bits per heavy atom. The minimum atomic E-state index is -0.923. The van der Waals surface area contributed by atoms with Gasteiger partial charge in [-0.2, -0.15) is 0 Å². The lowest BCUT2D eigenvalue weighted by molar-refractivity contribution is 0.0232. The summed E-state index contributed by atoms with van der Waals surface area (Å²) in [4.78, 5) is 16.6. The monoisotopic (exact) mass is 410 g/mol. The number of unbranched alkanes of at least 4 members (excludes halogenated alkanes) is 2. The van der Waals surface area contributed by atoms with E-state index in [1.165, 1.54) is 19.3 Å². The van der Waals surface area contributed by atoms with Gasteiger partial charge in [0.2, 0.25) is 0 Å². The molecule has 3 rings (SSSR count). The van der Waals surface area contributed by atoms with Crippen LogP contribution in [0.3, 0.4) is 0 Å². The van der Waals surface area contributed by atoms with Crippen molar-refractivity contribution in [3.05, 3.63) is 65.2 Å². The zero-order chi connectivity index (χ0) is 21.7. The molecule has 2 aromatic carbocycles. The van der Waals surface area contributed by atoms with Crippen LogP contribution in [0.1, 0.15) is 67.6 Å². The number of benzene rings is 2. The van der Waals surface area contributed by atoms with E-state index in [4.69, 9.17) is 0 Å². The lowest BCUT2D eigenvalue weighted by atomic mass is 9.92. The van der Waals surface area contributed by atoms with Crippen molar-refractivity contribution in [2.24, 2.45) is 0 Å². The Morgan fingerprint density at radius 3 is 2.40 bits per heavy atom. The number of carboxylic acids is 1. The Balaban J connectivity index is 1.93. The Bertz CT molecular complexity index is 854. The largest absolute Gasteiger partial charge is 0.508 e. The third-order valence-corrected chi connectivity index (χ3v) is 6.18. The highest BCUT2D eigenvalue weighted by atomic mass is 16.4. The first kappa shape index (κ1) is 22.3. The molecule has 0 aliphatic carbocycles. The van der Waals surface area contributed by atoms with Gasteiger partial charge in [0.1, 0.15) is 5.75 Å². The van der Waals surface area contributed by atoms with E-state index in [2.05, 4.69) is 30.6 Å². The van der Waals surface area contributed by atoms with Gasteiger partial charge in [0, 0.05) is 25.2 Å². The van der Waals surface area contributed by atoms with Crippen LogP contribution in [0.5, 0.6) is 5.75 Å². The van der Waals surface area contributed by atoms with Crippen LogP contribution in [-0.4, -0.2) is 57.7 Å². The van der Waals surface area contributed by atoms with Crippen LogP contribution in [-0.2, 0) is 0 Å². The Labute approximate surface area is 179 Å². The molecule has 0 bridgehead atoms. The van der Waals surface area contributed by atoms with Gasteiger partial charge >= 0.3 is 5.97 Å². The topological polar surface area (TPSA) is 64.0 Å². The number of phenols is 1. The lowest BCUT2D eigenvalue weighted by Crippen LogP contribution is -2.57. The standard InChI is InChI=1S/C25H34N2O3/c1-4-5-6-13-26-16-19(3)27(17-18(26)2)24(21-10-8-12-23(28)15-21)20-9-7-11-22(14-20)25(29)30/h7-12,14-15,18-19,24,28H,4-6,13,16-17H2,1-3H3,(H,29,30)/t18-,19+,24-/m1/s1. The number of carbonyl (C=O) groups is 1. The van der Waals surface area contributed by atoms with Gasteiger partial charge in [0.25, 0.3) is 0 Å². The van der Waals surface area contributed by atoms with Gasteiger partial charge < -0.3 is 10.2 Å². The maximum Gasteiger partial charge on any atom is 0.335 e. The van der Waals surface area contributed by atoms with E-state index < -0.39 is 5.97 Å². The Kier molecular flexibility index (Phi) is 7.51. The Hall–Kier alpha value is -2.37. The number of aromatic hydroxyl groups is 1. The van der Waals surface area contributed by atoms with E-state index in [1.807, 2.05) is 24.3 Å². The second-order valence-electron chi connectivity index (χ2n) is 8.53. The SMILES string of the molecule is CCCCCN1C[C@H](C)N([C@@H](c2cccc(O)c2)c2cccc(C(=O)O)c2)C[C@H]1C. The zero-order valence-electron chi connectivity index (χ0n) is 18.3. The van der Waals surface area contributed by atoms with Gasteiger partial charge in [-0.05, 0) is 62.2 Å². The van der Waals surface area contributed by atoms with Crippen molar-refractivity contribution in [3.8, 4) is 5.75 Å². The molecule has 0 saturated carbocycles. The third-order valence-electron chi connectivity index (χ3n) is 6.18. The molecule has 1 heterocycles. The summed E-state index contributed by atoms with van der Waals surface area (Å²) in [7, 11) is 0. The van der Waals surface area contributed by atoms with Crippen molar-refractivity contribution in [3.63, 3.8) is 0 Å². The minimum Gasteiger partial charge on any atom is -0.508 e. The third kappa shape index (κ3) is 5.21. The first-order valence-electron chi connectivity index (χ1n) is 11.0. The summed E-state index contributed by atoms with van der Waals surface area (Å²) in [5.41, 5.74) is 2.21. The molecule has 162 valence electrons. The van der Waals surface area contributed by atoms with Gasteiger partial charge in [0.15, 0.2) is 0 Å². The highest BCUT2D eigenvalue weighted by Gasteiger charge is 2.34. The first-order chi connectivity index (χ1) is 14.4. The van der Waals surface area contributed by atoms with Crippen molar-refractivity contribution >= 4 is 5.97 Å². The molecule has 5 nitrogen and oxygen atoms in total. The van der Waals surface area contributed by atoms with Gasteiger partial charge in [-0.1, -0.05) is 44.0 Å². The number of carboxylic acid groups (broad SMARTS) is 1. The summed E-state index contributed by atoms with van der Waals surface area (Å²) < 4.78 is 0. The summed E-state index contributed by atoms with van der Waals surface area (Å²) in [6.45, 7) is 9.75. The molecule has 0 spiro atoms. The van der Waals surface area contributed by atoms with E-state index in [0.717, 1.165) is 30.8 Å². The van der Waals surface area contributed by atoms with Crippen molar-refractivity contribution in [2.75, 3.05) is 19.6 Å². The van der Waals surface area contributed by atoms with Gasteiger partial charge in [-0.25, -0.2) is 4.79 Å². The summed E-state index contributed by atoms with van der Waals surface area (Å²) in [5.74, 6) is -0.695. The molecule has 1 aliphatic heterocycles. The second kappa shape index (κ2) is 10.1. The number of hydrogen-bond acceptors (Lipinski definition) is 4. The zero-order valence-corrected chi connectivity index (χ0v) is 18.3. The Morgan fingerprint density at radius 2 is 1.73 bits per heavy atom. The molecule has 2 aromatic rings. The van der Waals surface area contributed by atoms with E-state index >= 15 is 0 Å². The summed E-state index contributed by atoms with van der Waals surface area (Å²) in [6.07, 6.45) is 3.71. The number of aromatic carboxylic acids is 1. The maximum absolute atomic E-state index is 11.6. The average Bonchev–Trinajstić information content (AvgIpc) is 2.72. The maximum atomic E-state index is 11.6. The molecular weight excluding hydrogens is 376 g/mol. The molecule has 2 N–H and O–H groups in total. The fraction of sp³-hybridized carbons (Fsp3) is 0.480. The molecular formula is C25H34N2O3. The van der Waals surface area contributed by atoms with Gasteiger partial charge in [0.05, 0.1) is 11.6 Å². The fourth-order valence-electron chi connectivity index (χ4n) is 4.57. The van der Waals surface area contributed by atoms with Crippen LogP contribution < -0.4 is 0 Å². The van der Waals surface area contributed by atoms with Gasteiger partial charge in [-0.3, -0.25) is 9.80 Å². The van der Waals surface area contributed by atoms with Crippen molar-refractivity contribution in [1.82, 2.24) is 9.80 Å².